The number of nitrogens with one attached hydrogen (secondary N) is 1. The number of carboxylic acid groups (broad SMARTS) is 1. The molecule has 0 saturated carbocycles. The molecule has 0 aliphatic carbocycles. The fourth-order valence-corrected chi connectivity index (χ4v) is 2.99. The molecule has 1 unspecified atom stereocenters. The molecule has 2 saturated heterocycles. The molecule has 8 nitrogen and oxygen atoms in total. The molecular formula is C14H24N4O4. The van der Waals surface area contributed by atoms with Gasteiger partial charge < -0.3 is 24.5 Å². The Balaban J connectivity index is 2.01. The molecule has 2 heterocycles. The van der Waals surface area contributed by atoms with Crippen molar-refractivity contribution in [3.05, 3.63) is 0 Å². The van der Waals surface area contributed by atoms with E-state index in [2.05, 4.69) is 0 Å². The van der Waals surface area contributed by atoms with Gasteiger partial charge in [-0.3, -0.25) is 10.2 Å². The van der Waals surface area contributed by atoms with Gasteiger partial charge in [-0.15, -0.1) is 0 Å². The van der Waals surface area contributed by atoms with Crippen LogP contribution in [-0.4, -0.2) is 83.2 Å². The molecule has 2 aliphatic rings. The number of esters is 1. The highest BCUT2D eigenvalue weighted by Gasteiger charge is 2.42. The summed E-state index contributed by atoms with van der Waals surface area (Å²) >= 11 is 0. The van der Waals surface area contributed by atoms with E-state index >= 15 is 0 Å². The van der Waals surface area contributed by atoms with Crippen LogP contribution in [0, 0.1) is 10.8 Å². The molecule has 2 rings (SSSR count). The first-order valence-corrected chi connectivity index (χ1v) is 7.51. The molecule has 1 atom stereocenters. The quantitative estimate of drug-likeness (QED) is 0.733. The van der Waals surface area contributed by atoms with Crippen LogP contribution in [0.4, 0.5) is 4.79 Å². The maximum Gasteiger partial charge on any atom is 0.407 e. The highest BCUT2D eigenvalue weighted by Crippen LogP contribution is 2.26. The Morgan fingerprint density at radius 2 is 2.05 bits per heavy atom. The topological polar surface area (TPSA) is 97.2 Å². The average Bonchev–Trinajstić information content (AvgIpc) is 2.74. The fourth-order valence-electron chi connectivity index (χ4n) is 2.99. The molecule has 1 amide bonds. The lowest BCUT2D eigenvalue weighted by molar-refractivity contribution is -0.153. The van der Waals surface area contributed by atoms with E-state index in [0.717, 1.165) is 0 Å². The third-order valence-electron chi connectivity index (χ3n) is 4.17. The summed E-state index contributed by atoms with van der Waals surface area (Å²) in [6.45, 7) is 7.99. The Morgan fingerprint density at radius 1 is 1.36 bits per heavy atom. The largest absolute Gasteiger partial charge is 0.466 e. The van der Waals surface area contributed by atoms with E-state index in [-0.39, 0.29) is 12.0 Å². The number of carbonyl (C=O) groups is 2. The van der Waals surface area contributed by atoms with Crippen LogP contribution in [0.3, 0.4) is 0 Å². The highest BCUT2D eigenvalue weighted by atomic mass is 16.5. The lowest BCUT2D eigenvalue weighted by Crippen LogP contribution is -2.53. The fraction of sp³-hybridized carbons (Fsp3) is 0.786. The van der Waals surface area contributed by atoms with Gasteiger partial charge >= 0.3 is 12.1 Å². The minimum atomic E-state index is -0.920. The first-order valence-electron chi connectivity index (χ1n) is 7.51. The van der Waals surface area contributed by atoms with Gasteiger partial charge in [0, 0.05) is 32.7 Å². The standard InChI is InChI=1S/C14H24N4O4/c1-4-22-11(19)14(2,3)9-17-8-10-7-16(13(20)21)5-6-18(10)12(17)15/h10,15H,4-9H2,1-3H3,(H,20,21). The Morgan fingerprint density at radius 3 is 2.64 bits per heavy atom. The van der Waals surface area contributed by atoms with Crippen molar-refractivity contribution in [2.75, 3.05) is 39.3 Å². The third-order valence-corrected chi connectivity index (χ3v) is 4.17. The molecule has 0 bridgehead atoms. The van der Waals surface area contributed by atoms with E-state index in [0.29, 0.717) is 45.3 Å². The molecule has 2 N–H and O–H groups in total. The maximum absolute atomic E-state index is 12.0. The Kier molecular flexibility index (Phi) is 4.48. The van der Waals surface area contributed by atoms with Crippen molar-refractivity contribution in [1.29, 1.82) is 5.41 Å². The zero-order valence-corrected chi connectivity index (χ0v) is 13.3. The number of hydrogen-bond donors (Lipinski definition) is 2. The van der Waals surface area contributed by atoms with Gasteiger partial charge in [0.2, 0.25) is 0 Å². The van der Waals surface area contributed by atoms with Gasteiger partial charge in [0.05, 0.1) is 18.1 Å². The van der Waals surface area contributed by atoms with Gasteiger partial charge in [0.15, 0.2) is 5.96 Å². The van der Waals surface area contributed by atoms with E-state index in [1.54, 1.807) is 20.8 Å². The van der Waals surface area contributed by atoms with Crippen molar-refractivity contribution in [2.24, 2.45) is 5.41 Å². The van der Waals surface area contributed by atoms with Crippen LogP contribution in [0.15, 0.2) is 0 Å². The summed E-state index contributed by atoms with van der Waals surface area (Å²) in [5.74, 6) is 0.0900. The first-order chi connectivity index (χ1) is 10.3. The molecule has 0 aromatic heterocycles. The highest BCUT2D eigenvalue weighted by molar-refractivity contribution is 5.82. The summed E-state index contributed by atoms with van der Waals surface area (Å²) < 4.78 is 5.08. The van der Waals surface area contributed by atoms with Crippen LogP contribution in [0.2, 0.25) is 0 Å². The Labute approximate surface area is 130 Å². The van der Waals surface area contributed by atoms with Crippen molar-refractivity contribution >= 4 is 18.0 Å². The Bertz CT molecular complexity index is 479. The molecule has 22 heavy (non-hydrogen) atoms. The van der Waals surface area contributed by atoms with Gasteiger partial charge in [0.1, 0.15) is 0 Å². The number of amides is 1. The van der Waals surface area contributed by atoms with E-state index in [1.165, 1.54) is 4.90 Å². The molecule has 0 aromatic rings. The number of rotatable bonds is 4. The molecular weight excluding hydrogens is 288 g/mol. The lowest BCUT2D eigenvalue weighted by Gasteiger charge is -2.35. The second kappa shape index (κ2) is 6.02. The zero-order valence-electron chi connectivity index (χ0n) is 13.3. The van der Waals surface area contributed by atoms with Crippen LogP contribution >= 0.6 is 0 Å². The number of hydrogen-bond acceptors (Lipinski definition) is 4. The molecule has 8 heteroatoms. The number of fused-ring (bicyclic) bond motifs is 1. The van der Waals surface area contributed by atoms with Crippen LogP contribution < -0.4 is 0 Å². The van der Waals surface area contributed by atoms with E-state index in [4.69, 9.17) is 15.3 Å². The molecule has 0 aromatic carbocycles. The van der Waals surface area contributed by atoms with Crippen molar-refractivity contribution in [2.45, 2.75) is 26.8 Å². The van der Waals surface area contributed by atoms with Gasteiger partial charge in [-0.05, 0) is 20.8 Å². The van der Waals surface area contributed by atoms with Gasteiger partial charge in [-0.1, -0.05) is 0 Å². The summed E-state index contributed by atoms with van der Waals surface area (Å²) in [4.78, 5) is 28.2. The second-order valence-corrected chi connectivity index (χ2v) is 6.38. The molecule has 2 aliphatic heterocycles. The summed E-state index contributed by atoms with van der Waals surface area (Å²) in [5.41, 5.74) is -0.705. The summed E-state index contributed by atoms with van der Waals surface area (Å²) in [6.07, 6.45) is -0.920. The SMILES string of the molecule is CCOC(=O)C(C)(C)CN1CC2CN(C(=O)O)CCN2C1=N. The number of piperazine rings is 1. The zero-order chi connectivity index (χ0) is 16.5. The van der Waals surface area contributed by atoms with Crippen molar-refractivity contribution in [1.82, 2.24) is 14.7 Å². The predicted octanol–water partition coefficient (Wildman–Crippen LogP) is 0.490. The predicted molar refractivity (Wildman–Crippen MR) is 79.8 cm³/mol. The summed E-state index contributed by atoms with van der Waals surface area (Å²) in [5, 5.41) is 17.3. The maximum atomic E-state index is 12.0. The summed E-state index contributed by atoms with van der Waals surface area (Å²) in [6, 6.07) is -0.0182. The van der Waals surface area contributed by atoms with Crippen molar-refractivity contribution in [3.8, 4) is 0 Å². The van der Waals surface area contributed by atoms with Crippen molar-refractivity contribution in [3.63, 3.8) is 0 Å². The number of carbonyl (C=O) groups excluding carboxylic acids is 1. The molecule has 124 valence electrons. The molecule has 2 fully saturated rings. The van der Waals surface area contributed by atoms with Crippen LogP contribution in [-0.2, 0) is 9.53 Å². The summed E-state index contributed by atoms with van der Waals surface area (Å²) in [7, 11) is 0. The van der Waals surface area contributed by atoms with Gasteiger partial charge in [0.25, 0.3) is 0 Å². The molecule has 0 spiro atoms. The lowest BCUT2D eigenvalue weighted by atomic mass is 9.93. The third kappa shape index (κ3) is 3.10. The first kappa shape index (κ1) is 16.4. The average molecular weight is 312 g/mol. The number of ether oxygens (including phenoxy) is 1. The van der Waals surface area contributed by atoms with Crippen LogP contribution in [0.5, 0.6) is 0 Å². The minimum absolute atomic E-state index is 0.0182. The van der Waals surface area contributed by atoms with Crippen molar-refractivity contribution < 1.29 is 19.4 Å². The smallest absolute Gasteiger partial charge is 0.407 e. The van der Waals surface area contributed by atoms with E-state index in [9.17, 15) is 9.59 Å². The van der Waals surface area contributed by atoms with E-state index < -0.39 is 11.5 Å². The number of nitrogens with zero attached hydrogens (tertiary/aromatic N) is 3. The van der Waals surface area contributed by atoms with Crippen LogP contribution in [0.1, 0.15) is 20.8 Å². The minimum Gasteiger partial charge on any atom is -0.466 e. The normalized spacial score (nSPS) is 21.9. The van der Waals surface area contributed by atoms with E-state index in [1.807, 2.05) is 9.80 Å². The Hall–Kier alpha value is -1.99. The van der Waals surface area contributed by atoms with Gasteiger partial charge in [-0.25, -0.2) is 4.79 Å². The monoisotopic (exact) mass is 312 g/mol. The van der Waals surface area contributed by atoms with Crippen LogP contribution in [0.25, 0.3) is 0 Å². The van der Waals surface area contributed by atoms with Gasteiger partial charge in [-0.2, -0.15) is 0 Å². The second-order valence-electron chi connectivity index (χ2n) is 6.38. The number of guanidine groups is 1. The molecule has 0 radical (unpaired) electrons.